The van der Waals surface area contributed by atoms with Gasteiger partial charge >= 0.3 is 0 Å². The Kier molecular flexibility index (Phi) is 6.77. The molecule has 0 amide bonds. The third kappa shape index (κ3) is 4.72. The van der Waals surface area contributed by atoms with E-state index in [1.54, 1.807) is 7.05 Å². The van der Waals surface area contributed by atoms with Crippen LogP contribution >= 0.6 is 0 Å². The lowest BCUT2D eigenvalue weighted by Gasteiger charge is -2.31. The highest BCUT2D eigenvalue weighted by Gasteiger charge is 2.35. The van der Waals surface area contributed by atoms with Crippen molar-refractivity contribution in [1.29, 1.82) is 0 Å². The largest absolute Gasteiger partial charge is 0.318 e. The van der Waals surface area contributed by atoms with Crippen molar-refractivity contribution < 1.29 is 8.42 Å². The van der Waals surface area contributed by atoms with E-state index in [0.29, 0.717) is 19.0 Å². The zero-order valence-corrected chi connectivity index (χ0v) is 13.7. The predicted octanol–water partition coefficient (Wildman–Crippen LogP) is 2.21. The summed E-state index contributed by atoms with van der Waals surface area (Å²) in [5.74, 6) is 0.540. The maximum atomic E-state index is 12.7. The van der Waals surface area contributed by atoms with Gasteiger partial charge in [-0.3, -0.25) is 0 Å². The van der Waals surface area contributed by atoms with Gasteiger partial charge in [0.15, 0.2) is 0 Å². The molecule has 0 spiro atoms. The molecule has 0 radical (unpaired) electrons. The van der Waals surface area contributed by atoms with Crippen LogP contribution in [-0.2, 0) is 10.0 Å². The van der Waals surface area contributed by atoms with Gasteiger partial charge in [-0.2, -0.15) is 4.31 Å². The molecule has 0 heterocycles. The third-order valence-corrected chi connectivity index (χ3v) is 6.30. The lowest BCUT2D eigenvalue weighted by atomic mass is 10.1. The van der Waals surface area contributed by atoms with Gasteiger partial charge in [-0.1, -0.05) is 26.7 Å². The zero-order chi connectivity index (χ0) is 14.5. The number of hydrogen-bond donors (Lipinski definition) is 1. The summed E-state index contributed by atoms with van der Waals surface area (Å²) in [5.41, 5.74) is 0. The molecule has 0 aromatic carbocycles. The van der Waals surface area contributed by atoms with Crippen molar-refractivity contribution in [3.8, 4) is 0 Å². The van der Waals surface area contributed by atoms with Crippen molar-refractivity contribution in [2.75, 3.05) is 20.1 Å². The Hall–Kier alpha value is -0.130. The maximum absolute atomic E-state index is 12.7. The zero-order valence-electron chi connectivity index (χ0n) is 12.9. The van der Waals surface area contributed by atoms with Gasteiger partial charge in [0.1, 0.15) is 0 Å². The van der Waals surface area contributed by atoms with Gasteiger partial charge in [0.05, 0.1) is 5.25 Å². The molecule has 4 nitrogen and oxygen atoms in total. The second-order valence-corrected chi connectivity index (χ2v) is 8.45. The molecule has 1 aliphatic rings. The maximum Gasteiger partial charge on any atom is 0.218 e. The minimum Gasteiger partial charge on any atom is -0.318 e. The van der Waals surface area contributed by atoms with Crippen LogP contribution in [0, 0.1) is 5.92 Å². The molecule has 1 rings (SSSR count). The van der Waals surface area contributed by atoms with Crippen molar-refractivity contribution in [2.24, 2.45) is 5.92 Å². The summed E-state index contributed by atoms with van der Waals surface area (Å²) in [5, 5.41) is 2.64. The second kappa shape index (κ2) is 7.60. The lowest BCUT2D eigenvalue weighted by Crippen LogP contribution is -2.46. The van der Waals surface area contributed by atoms with Gasteiger partial charge in [-0.15, -0.1) is 0 Å². The first-order valence-corrected chi connectivity index (χ1v) is 9.05. The van der Waals surface area contributed by atoms with Gasteiger partial charge in [0.2, 0.25) is 10.0 Å². The fraction of sp³-hybridized carbons (Fsp3) is 1.00. The van der Waals surface area contributed by atoms with Gasteiger partial charge in [0, 0.05) is 19.1 Å². The van der Waals surface area contributed by atoms with Gasteiger partial charge in [-0.25, -0.2) is 8.42 Å². The monoisotopic (exact) mass is 290 g/mol. The van der Waals surface area contributed by atoms with E-state index in [4.69, 9.17) is 0 Å². The minimum atomic E-state index is -3.17. The first kappa shape index (κ1) is 16.9. The van der Waals surface area contributed by atoms with E-state index in [0.717, 1.165) is 19.3 Å². The molecular formula is C14H30N2O2S. The van der Waals surface area contributed by atoms with Crippen LogP contribution in [0.25, 0.3) is 0 Å². The standard InChI is InChI=1S/C14H30N2O2S/c1-12(2)9-10-16(14-7-5-6-8-14)19(17,18)13(3)11-15-4/h12-15H,5-11H2,1-4H3. The van der Waals surface area contributed by atoms with Crippen LogP contribution in [0.2, 0.25) is 0 Å². The molecule has 19 heavy (non-hydrogen) atoms. The fourth-order valence-electron chi connectivity index (χ4n) is 2.72. The van der Waals surface area contributed by atoms with Crippen LogP contribution in [0.15, 0.2) is 0 Å². The number of nitrogens with zero attached hydrogens (tertiary/aromatic N) is 1. The molecular weight excluding hydrogens is 260 g/mol. The van der Waals surface area contributed by atoms with Crippen LogP contribution in [0.3, 0.4) is 0 Å². The smallest absolute Gasteiger partial charge is 0.218 e. The summed E-state index contributed by atoms with van der Waals surface area (Å²) in [6.45, 7) is 7.31. The molecule has 0 aliphatic heterocycles. The van der Waals surface area contributed by atoms with E-state index in [1.807, 2.05) is 11.2 Å². The van der Waals surface area contributed by atoms with E-state index in [9.17, 15) is 8.42 Å². The van der Waals surface area contributed by atoms with Gasteiger partial charge in [0.25, 0.3) is 0 Å². The van der Waals surface area contributed by atoms with Crippen molar-refractivity contribution in [3.63, 3.8) is 0 Å². The molecule has 5 heteroatoms. The predicted molar refractivity (Wildman–Crippen MR) is 80.7 cm³/mol. The third-order valence-electron chi connectivity index (χ3n) is 3.99. The highest BCUT2D eigenvalue weighted by molar-refractivity contribution is 7.89. The number of nitrogens with one attached hydrogen (secondary N) is 1. The molecule has 114 valence electrons. The van der Waals surface area contributed by atoms with Crippen molar-refractivity contribution in [3.05, 3.63) is 0 Å². The fourth-order valence-corrected chi connectivity index (χ4v) is 4.55. The second-order valence-electron chi connectivity index (χ2n) is 6.14. The van der Waals surface area contributed by atoms with E-state index in [1.165, 1.54) is 12.8 Å². The molecule has 0 aromatic rings. The van der Waals surface area contributed by atoms with E-state index < -0.39 is 10.0 Å². The SMILES string of the molecule is CNCC(C)S(=O)(=O)N(CCC(C)C)C1CCCC1. The summed E-state index contributed by atoms with van der Waals surface area (Å²) in [7, 11) is -1.37. The average molecular weight is 290 g/mol. The van der Waals surface area contributed by atoms with Crippen LogP contribution < -0.4 is 5.32 Å². The van der Waals surface area contributed by atoms with E-state index in [2.05, 4.69) is 19.2 Å². The van der Waals surface area contributed by atoms with Crippen molar-refractivity contribution >= 4 is 10.0 Å². The van der Waals surface area contributed by atoms with Gasteiger partial charge in [-0.05, 0) is 39.2 Å². The van der Waals surface area contributed by atoms with Crippen LogP contribution in [0.4, 0.5) is 0 Å². The Morgan fingerprint density at radius 1 is 1.21 bits per heavy atom. The highest BCUT2D eigenvalue weighted by atomic mass is 32.2. The highest BCUT2D eigenvalue weighted by Crippen LogP contribution is 2.27. The topological polar surface area (TPSA) is 49.4 Å². The molecule has 0 saturated heterocycles. The Balaban J connectivity index is 2.81. The number of rotatable bonds is 8. The summed E-state index contributed by atoms with van der Waals surface area (Å²) in [6.07, 6.45) is 5.34. The molecule has 1 atom stereocenters. The van der Waals surface area contributed by atoms with E-state index >= 15 is 0 Å². The quantitative estimate of drug-likeness (QED) is 0.745. The molecule has 1 fully saturated rings. The molecule has 1 saturated carbocycles. The van der Waals surface area contributed by atoms with Crippen LogP contribution in [0.1, 0.15) is 52.9 Å². The summed E-state index contributed by atoms with van der Waals surface area (Å²) in [6, 6.07) is 0.239. The van der Waals surface area contributed by atoms with Crippen LogP contribution in [0.5, 0.6) is 0 Å². The summed E-state index contributed by atoms with van der Waals surface area (Å²) < 4.78 is 27.2. The van der Waals surface area contributed by atoms with Crippen molar-refractivity contribution in [2.45, 2.75) is 64.2 Å². The average Bonchev–Trinajstić information content (AvgIpc) is 2.82. The number of hydrogen-bond acceptors (Lipinski definition) is 3. The molecule has 1 N–H and O–H groups in total. The first-order chi connectivity index (χ1) is 8.89. The van der Waals surface area contributed by atoms with E-state index in [-0.39, 0.29) is 11.3 Å². The Labute approximate surface area is 119 Å². The Morgan fingerprint density at radius 3 is 2.26 bits per heavy atom. The minimum absolute atomic E-state index is 0.239. The molecule has 0 aromatic heterocycles. The molecule has 0 bridgehead atoms. The van der Waals surface area contributed by atoms with Gasteiger partial charge < -0.3 is 5.32 Å². The molecule has 1 aliphatic carbocycles. The summed E-state index contributed by atoms with van der Waals surface area (Å²) >= 11 is 0. The Morgan fingerprint density at radius 2 is 1.79 bits per heavy atom. The molecule has 1 unspecified atom stereocenters. The summed E-state index contributed by atoms with van der Waals surface area (Å²) in [4.78, 5) is 0. The first-order valence-electron chi connectivity index (χ1n) is 7.54. The number of sulfonamides is 1. The lowest BCUT2D eigenvalue weighted by molar-refractivity contribution is 0.301. The Bertz CT molecular complexity index is 348. The van der Waals surface area contributed by atoms with Crippen molar-refractivity contribution in [1.82, 2.24) is 9.62 Å². The van der Waals surface area contributed by atoms with Crippen LogP contribution in [-0.4, -0.2) is 44.2 Å². The normalized spacial score (nSPS) is 19.5.